The van der Waals surface area contributed by atoms with Gasteiger partial charge in [0.25, 0.3) is 0 Å². The van der Waals surface area contributed by atoms with E-state index in [-0.39, 0.29) is 6.04 Å². The van der Waals surface area contributed by atoms with E-state index in [0.717, 1.165) is 32.7 Å². The van der Waals surface area contributed by atoms with Gasteiger partial charge in [0.1, 0.15) is 0 Å². The minimum absolute atomic E-state index is 0.0258. The summed E-state index contributed by atoms with van der Waals surface area (Å²) in [5, 5.41) is 3.56. The Morgan fingerprint density at radius 3 is 2.50 bits per heavy atom. The van der Waals surface area contributed by atoms with Crippen molar-refractivity contribution in [2.45, 2.75) is 58.5 Å². The maximum absolute atomic E-state index is 12.6. The summed E-state index contributed by atoms with van der Waals surface area (Å²) in [7, 11) is 0. The topological polar surface area (TPSA) is 35.6 Å². The van der Waals surface area contributed by atoms with Crippen molar-refractivity contribution in [1.29, 1.82) is 0 Å². The fourth-order valence-corrected chi connectivity index (χ4v) is 3.41. The van der Waals surface area contributed by atoms with Gasteiger partial charge < -0.3 is 10.2 Å². The molecule has 2 aliphatic heterocycles. The fraction of sp³-hybridized carbons (Fsp3) is 0.938. The third kappa shape index (κ3) is 4.19. The first-order chi connectivity index (χ1) is 9.58. The van der Waals surface area contributed by atoms with E-state index in [1.807, 2.05) is 0 Å². The Hall–Kier alpha value is -0.610. The van der Waals surface area contributed by atoms with Crippen LogP contribution in [0, 0.1) is 5.92 Å². The van der Waals surface area contributed by atoms with Crippen LogP contribution in [-0.4, -0.2) is 60.5 Å². The van der Waals surface area contributed by atoms with Gasteiger partial charge in [-0.15, -0.1) is 0 Å². The number of carbonyl (C=O) groups is 1. The molecule has 2 fully saturated rings. The first-order valence-electron chi connectivity index (χ1n) is 8.34. The van der Waals surface area contributed by atoms with Crippen LogP contribution in [0.2, 0.25) is 0 Å². The van der Waals surface area contributed by atoms with Gasteiger partial charge in [-0.2, -0.15) is 0 Å². The highest BCUT2D eigenvalue weighted by molar-refractivity contribution is 5.81. The zero-order valence-corrected chi connectivity index (χ0v) is 13.4. The number of likely N-dealkylation sites (tertiary alicyclic amines) is 1. The molecule has 0 aromatic heterocycles. The summed E-state index contributed by atoms with van der Waals surface area (Å²) in [5.41, 5.74) is 0. The largest absolute Gasteiger partial charge is 0.341 e. The lowest BCUT2D eigenvalue weighted by Crippen LogP contribution is -2.51. The normalized spacial score (nSPS) is 24.9. The van der Waals surface area contributed by atoms with E-state index in [9.17, 15) is 4.79 Å². The monoisotopic (exact) mass is 281 g/mol. The number of hydrogen-bond acceptors (Lipinski definition) is 3. The maximum Gasteiger partial charge on any atom is 0.239 e. The lowest BCUT2D eigenvalue weighted by Gasteiger charge is -2.34. The average molecular weight is 281 g/mol. The second-order valence-corrected chi connectivity index (χ2v) is 6.85. The van der Waals surface area contributed by atoms with Crippen LogP contribution in [0.15, 0.2) is 0 Å². The maximum atomic E-state index is 12.6. The van der Waals surface area contributed by atoms with Crippen molar-refractivity contribution < 1.29 is 4.79 Å². The third-order valence-electron chi connectivity index (χ3n) is 4.54. The molecular formula is C16H31N3O. The molecule has 116 valence electrons. The molecule has 20 heavy (non-hydrogen) atoms. The zero-order chi connectivity index (χ0) is 14.5. The molecule has 4 heteroatoms. The molecule has 2 heterocycles. The van der Waals surface area contributed by atoms with Crippen LogP contribution >= 0.6 is 0 Å². The van der Waals surface area contributed by atoms with Gasteiger partial charge >= 0.3 is 0 Å². The summed E-state index contributed by atoms with van der Waals surface area (Å²) in [6.45, 7) is 11.6. The van der Waals surface area contributed by atoms with Gasteiger partial charge in [0, 0.05) is 32.2 Å². The van der Waals surface area contributed by atoms with Gasteiger partial charge in [-0.25, -0.2) is 0 Å². The molecular weight excluding hydrogens is 250 g/mol. The molecule has 4 nitrogen and oxygen atoms in total. The second kappa shape index (κ2) is 7.41. The van der Waals surface area contributed by atoms with E-state index in [1.165, 1.54) is 25.7 Å². The summed E-state index contributed by atoms with van der Waals surface area (Å²) in [6.07, 6.45) is 4.87. The van der Waals surface area contributed by atoms with Crippen LogP contribution in [0.3, 0.4) is 0 Å². The van der Waals surface area contributed by atoms with E-state index in [2.05, 4.69) is 35.9 Å². The Labute approximate surface area is 123 Å². The van der Waals surface area contributed by atoms with E-state index >= 15 is 0 Å². The molecule has 1 amide bonds. The second-order valence-electron chi connectivity index (χ2n) is 6.85. The number of rotatable bonds is 6. The molecule has 2 atom stereocenters. The van der Waals surface area contributed by atoms with Gasteiger partial charge in [0.05, 0.1) is 6.04 Å². The lowest BCUT2D eigenvalue weighted by molar-refractivity contribution is -0.135. The SMILES string of the molecule is CC(C)CN(CC1CCCN1)C(C)C(=O)N1CCCC1. The molecule has 0 aromatic carbocycles. The molecule has 2 rings (SSSR count). The number of amides is 1. The predicted octanol–water partition coefficient (Wildman–Crippen LogP) is 1.71. The molecule has 0 radical (unpaired) electrons. The number of nitrogens with zero attached hydrogens (tertiary/aromatic N) is 2. The van der Waals surface area contributed by atoms with Crippen molar-refractivity contribution in [2.75, 3.05) is 32.7 Å². The van der Waals surface area contributed by atoms with Crippen LogP contribution in [0.4, 0.5) is 0 Å². The Bertz CT molecular complexity index is 307. The Kier molecular flexibility index (Phi) is 5.85. The van der Waals surface area contributed by atoms with Crippen LogP contribution in [0.1, 0.15) is 46.5 Å². The predicted molar refractivity (Wildman–Crippen MR) is 82.7 cm³/mol. The summed E-state index contributed by atoms with van der Waals surface area (Å²) in [6, 6.07) is 0.598. The molecule has 1 N–H and O–H groups in total. The highest BCUT2D eigenvalue weighted by Gasteiger charge is 2.30. The molecule has 0 aliphatic carbocycles. The van der Waals surface area contributed by atoms with Crippen molar-refractivity contribution in [2.24, 2.45) is 5.92 Å². The van der Waals surface area contributed by atoms with E-state index in [0.29, 0.717) is 17.9 Å². The highest BCUT2D eigenvalue weighted by Crippen LogP contribution is 2.15. The summed E-state index contributed by atoms with van der Waals surface area (Å²) in [5.74, 6) is 0.936. The number of carbonyl (C=O) groups excluding carboxylic acids is 1. The van der Waals surface area contributed by atoms with E-state index in [1.54, 1.807) is 0 Å². The molecule has 0 bridgehead atoms. The minimum Gasteiger partial charge on any atom is -0.341 e. The molecule has 2 aliphatic rings. The van der Waals surface area contributed by atoms with E-state index in [4.69, 9.17) is 0 Å². The minimum atomic E-state index is 0.0258. The van der Waals surface area contributed by atoms with Crippen LogP contribution < -0.4 is 5.32 Å². The lowest BCUT2D eigenvalue weighted by atomic mass is 10.1. The van der Waals surface area contributed by atoms with Crippen molar-refractivity contribution in [3.8, 4) is 0 Å². The van der Waals surface area contributed by atoms with Gasteiger partial charge in [0.15, 0.2) is 0 Å². The third-order valence-corrected chi connectivity index (χ3v) is 4.54. The van der Waals surface area contributed by atoms with Crippen LogP contribution in [-0.2, 0) is 4.79 Å². The Morgan fingerprint density at radius 1 is 1.25 bits per heavy atom. The molecule has 2 saturated heterocycles. The number of nitrogens with one attached hydrogen (secondary N) is 1. The van der Waals surface area contributed by atoms with Gasteiger partial charge in [-0.05, 0) is 45.1 Å². The molecule has 0 saturated carbocycles. The average Bonchev–Trinajstić information content (AvgIpc) is 3.08. The van der Waals surface area contributed by atoms with Gasteiger partial charge in [-0.1, -0.05) is 13.8 Å². The van der Waals surface area contributed by atoms with Crippen molar-refractivity contribution in [1.82, 2.24) is 15.1 Å². The zero-order valence-electron chi connectivity index (χ0n) is 13.4. The van der Waals surface area contributed by atoms with Gasteiger partial charge in [0.2, 0.25) is 5.91 Å². The Balaban J connectivity index is 1.94. The van der Waals surface area contributed by atoms with Crippen molar-refractivity contribution in [3.63, 3.8) is 0 Å². The summed E-state index contributed by atoms with van der Waals surface area (Å²) in [4.78, 5) is 17.1. The molecule has 0 spiro atoms. The van der Waals surface area contributed by atoms with Crippen molar-refractivity contribution in [3.05, 3.63) is 0 Å². The molecule has 2 unspecified atom stereocenters. The first kappa shape index (κ1) is 15.8. The fourth-order valence-electron chi connectivity index (χ4n) is 3.41. The first-order valence-corrected chi connectivity index (χ1v) is 8.34. The highest BCUT2D eigenvalue weighted by atomic mass is 16.2. The van der Waals surface area contributed by atoms with E-state index < -0.39 is 0 Å². The van der Waals surface area contributed by atoms with Crippen LogP contribution in [0.5, 0.6) is 0 Å². The smallest absolute Gasteiger partial charge is 0.239 e. The standard InChI is InChI=1S/C16H31N3O/c1-13(2)11-19(12-15-7-6-8-17-15)14(3)16(20)18-9-4-5-10-18/h13-15,17H,4-12H2,1-3H3. The van der Waals surface area contributed by atoms with Crippen molar-refractivity contribution >= 4 is 5.91 Å². The summed E-state index contributed by atoms with van der Waals surface area (Å²) < 4.78 is 0. The molecule has 0 aromatic rings. The van der Waals surface area contributed by atoms with Gasteiger partial charge in [-0.3, -0.25) is 9.69 Å². The Morgan fingerprint density at radius 2 is 1.95 bits per heavy atom. The summed E-state index contributed by atoms with van der Waals surface area (Å²) >= 11 is 0. The quantitative estimate of drug-likeness (QED) is 0.805. The number of hydrogen-bond donors (Lipinski definition) is 1. The van der Waals surface area contributed by atoms with Crippen LogP contribution in [0.25, 0.3) is 0 Å².